The number of hydrogen-bond acceptors (Lipinski definition) is 4. The molecule has 24 heavy (non-hydrogen) atoms. The molecule has 0 saturated heterocycles. The van der Waals surface area contributed by atoms with Crippen molar-refractivity contribution >= 4 is 27.9 Å². The fraction of sp³-hybridized carbons (Fsp3) is 0.235. The Kier molecular flexibility index (Phi) is 6.58. The first-order chi connectivity index (χ1) is 11.6. The number of nitrogens with zero attached hydrogens (tertiary/aromatic N) is 3. The predicted octanol–water partition coefficient (Wildman–Crippen LogP) is 2.77. The molecule has 0 aliphatic carbocycles. The first-order valence-electron chi connectivity index (χ1n) is 7.33. The Morgan fingerprint density at radius 1 is 1.54 bits per heavy atom. The van der Waals surface area contributed by atoms with E-state index in [1.54, 1.807) is 31.8 Å². The zero-order chi connectivity index (χ0) is 17.4. The Bertz CT molecular complexity index is 763. The quantitative estimate of drug-likeness (QED) is 0.449. The minimum atomic E-state index is -0.398. The van der Waals surface area contributed by atoms with Gasteiger partial charge < -0.3 is 14.6 Å². The maximum Gasteiger partial charge on any atom is 0.261 e. The number of carbonyl (C=O) groups is 1. The molecule has 0 fully saturated rings. The molecule has 0 spiro atoms. The van der Waals surface area contributed by atoms with Crippen molar-refractivity contribution < 1.29 is 9.53 Å². The molecule has 0 bridgehead atoms. The van der Waals surface area contributed by atoms with E-state index in [0.717, 1.165) is 17.4 Å². The molecule has 1 aromatic carbocycles. The van der Waals surface area contributed by atoms with Gasteiger partial charge in [0.1, 0.15) is 17.4 Å². The van der Waals surface area contributed by atoms with Gasteiger partial charge in [-0.15, -0.1) is 0 Å². The minimum Gasteiger partial charge on any atom is -0.496 e. The van der Waals surface area contributed by atoms with Crippen LogP contribution in [0, 0.1) is 11.3 Å². The largest absolute Gasteiger partial charge is 0.496 e. The highest BCUT2D eigenvalue weighted by atomic mass is 79.9. The molecule has 1 aromatic heterocycles. The monoisotopic (exact) mass is 388 g/mol. The average Bonchev–Trinajstić information content (AvgIpc) is 3.10. The van der Waals surface area contributed by atoms with Gasteiger partial charge in [-0.25, -0.2) is 4.98 Å². The Morgan fingerprint density at radius 2 is 2.38 bits per heavy atom. The normalized spacial score (nSPS) is 11.0. The molecule has 2 rings (SSSR count). The molecule has 2 aromatic rings. The molecule has 0 saturated carbocycles. The van der Waals surface area contributed by atoms with E-state index in [0.29, 0.717) is 17.9 Å². The van der Waals surface area contributed by atoms with Crippen molar-refractivity contribution in [2.45, 2.75) is 13.0 Å². The molecular weight excluding hydrogens is 372 g/mol. The van der Waals surface area contributed by atoms with Crippen LogP contribution in [0.25, 0.3) is 6.08 Å². The van der Waals surface area contributed by atoms with Gasteiger partial charge in [0.05, 0.1) is 13.4 Å². The molecule has 1 amide bonds. The van der Waals surface area contributed by atoms with Gasteiger partial charge in [0.25, 0.3) is 5.91 Å². The third kappa shape index (κ3) is 4.96. The number of imidazole rings is 1. The van der Waals surface area contributed by atoms with Crippen molar-refractivity contribution in [1.82, 2.24) is 14.9 Å². The number of aromatic nitrogens is 2. The van der Waals surface area contributed by atoms with Gasteiger partial charge in [0.2, 0.25) is 0 Å². The number of hydrogen-bond donors (Lipinski definition) is 1. The van der Waals surface area contributed by atoms with E-state index in [9.17, 15) is 10.1 Å². The lowest BCUT2D eigenvalue weighted by Crippen LogP contribution is -2.26. The van der Waals surface area contributed by atoms with Crippen molar-refractivity contribution in [2.24, 2.45) is 0 Å². The second-order valence-corrected chi connectivity index (χ2v) is 5.88. The standard InChI is InChI=1S/C17H17BrN4O2/c1-24-16-4-3-15(18)10-13(16)9-14(11-19)17(23)21-5-2-7-22-8-6-20-12-22/h3-4,6,8-10,12H,2,5,7H2,1H3,(H,21,23)/b14-9-. The van der Waals surface area contributed by atoms with E-state index in [1.807, 2.05) is 22.9 Å². The second-order valence-electron chi connectivity index (χ2n) is 4.97. The van der Waals surface area contributed by atoms with Crippen LogP contribution in [0.3, 0.4) is 0 Å². The highest BCUT2D eigenvalue weighted by Crippen LogP contribution is 2.25. The first kappa shape index (κ1) is 17.8. The summed E-state index contributed by atoms with van der Waals surface area (Å²) in [6.45, 7) is 1.23. The third-order valence-corrected chi connectivity index (χ3v) is 3.79. The Hall–Kier alpha value is -2.59. The summed E-state index contributed by atoms with van der Waals surface area (Å²) in [6, 6.07) is 7.34. The summed E-state index contributed by atoms with van der Waals surface area (Å²) in [7, 11) is 1.54. The van der Waals surface area contributed by atoms with Gasteiger partial charge in [-0.2, -0.15) is 5.26 Å². The summed E-state index contributed by atoms with van der Waals surface area (Å²) in [5.74, 6) is 0.198. The molecule has 0 radical (unpaired) electrons. The van der Waals surface area contributed by atoms with Crippen LogP contribution in [0.5, 0.6) is 5.75 Å². The number of methoxy groups -OCH3 is 1. The van der Waals surface area contributed by atoms with Gasteiger partial charge >= 0.3 is 0 Å². The van der Waals surface area contributed by atoms with Crippen LogP contribution < -0.4 is 10.1 Å². The number of halogens is 1. The Balaban J connectivity index is 1.98. The van der Waals surface area contributed by atoms with E-state index in [-0.39, 0.29) is 5.57 Å². The lowest BCUT2D eigenvalue weighted by Gasteiger charge is -2.07. The highest BCUT2D eigenvalue weighted by Gasteiger charge is 2.10. The minimum absolute atomic E-state index is 0.0361. The SMILES string of the molecule is COc1ccc(Br)cc1/C=C(/C#N)C(=O)NCCCn1ccnc1. The molecule has 6 nitrogen and oxygen atoms in total. The number of aryl methyl sites for hydroxylation is 1. The summed E-state index contributed by atoms with van der Waals surface area (Å²) in [5.41, 5.74) is 0.700. The molecule has 1 heterocycles. The van der Waals surface area contributed by atoms with Crippen LogP contribution in [-0.2, 0) is 11.3 Å². The topological polar surface area (TPSA) is 79.9 Å². The highest BCUT2D eigenvalue weighted by molar-refractivity contribution is 9.10. The molecule has 0 unspecified atom stereocenters. The van der Waals surface area contributed by atoms with Crippen molar-refractivity contribution in [1.29, 1.82) is 5.26 Å². The Labute approximate surface area is 148 Å². The number of nitriles is 1. The zero-order valence-electron chi connectivity index (χ0n) is 13.2. The maximum absolute atomic E-state index is 12.2. The fourth-order valence-electron chi connectivity index (χ4n) is 2.10. The average molecular weight is 389 g/mol. The predicted molar refractivity (Wildman–Crippen MR) is 94.1 cm³/mol. The fourth-order valence-corrected chi connectivity index (χ4v) is 2.48. The summed E-state index contributed by atoms with van der Waals surface area (Å²) in [4.78, 5) is 16.1. The van der Waals surface area contributed by atoms with Crippen LogP contribution in [0.4, 0.5) is 0 Å². The van der Waals surface area contributed by atoms with E-state index in [4.69, 9.17) is 4.74 Å². The van der Waals surface area contributed by atoms with Crippen LogP contribution in [0.1, 0.15) is 12.0 Å². The van der Waals surface area contributed by atoms with Gasteiger partial charge in [-0.1, -0.05) is 15.9 Å². The van der Waals surface area contributed by atoms with Gasteiger partial charge in [0.15, 0.2) is 0 Å². The number of amides is 1. The van der Waals surface area contributed by atoms with Crippen molar-refractivity contribution in [3.8, 4) is 11.8 Å². The summed E-state index contributed by atoms with van der Waals surface area (Å²) in [6.07, 6.45) is 7.57. The van der Waals surface area contributed by atoms with Crippen LogP contribution >= 0.6 is 15.9 Å². The molecule has 1 N–H and O–H groups in total. The second kappa shape index (κ2) is 8.89. The van der Waals surface area contributed by atoms with Gasteiger partial charge in [-0.05, 0) is 30.7 Å². The van der Waals surface area contributed by atoms with E-state index >= 15 is 0 Å². The lowest BCUT2D eigenvalue weighted by atomic mass is 10.1. The van der Waals surface area contributed by atoms with E-state index in [1.165, 1.54) is 6.08 Å². The van der Waals surface area contributed by atoms with Crippen LogP contribution in [0.15, 0.2) is 47.0 Å². The molecule has 7 heteroatoms. The van der Waals surface area contributed by atoms with Crippen molar-refractivity contribution in [2.75, 3.05) is 13.7 Å². The summed E-state index contributed by atoms with van der Waals surface area (Å²) < 4.78 is 8.02. The Morgan fingerprint density at radius 3 is 3.04 bits per heavy atom. The van der Waals surface area contributed by atoms with Gasteiger partial charge in [-0.3, -0.25) is 4.79 Å². The number of carbonyl (C=O) groups excluding carboxylic acids is 1. The van der Waals surface area contributed by atoms with Crippen LogP contribution in [0.2, 0.25) is 0 Å². The lowest BCUT2D eigenvalue weighted by molar-refractivity contribution is -0.117. The third-order valence-electron chi connectivity index (χ3n) is 3.29. The molecule has 0 atom stereocenters. The number of ether oxygens (including phenoxy) is 1. The summed E-state index contributed by atoms with van der Waals surface area (Å²) >= 11 is 3.37. The van der Waals surface area contributed by atoms with E-state index < -0.39 is 5.91 Å². The smallest absolute Gasteiger partial charge is 0.261 e. The molecule has 0 aliphatic rings. The first-order valence-corrected chi connectivity index (χ1v) is 8.12. The van der Waals surface area contributed by atoms with E-state index in [2.05, 4.69) is 26.2 Å². The molecule has 124 valence electrons. The zero-order valence-corrected chi connectivity index (χ0v) is 14.8. The summed E-state index contributed by atoms with van der Waals surface area (Å²) in [5, 5.41) is 12.0. The number of benzene rings is 1. The molecular formula is C17H17BrN4O2. The van der Waals surface area contributed by atoms with Crippen LogP contribution in [-0.4, -0.2) is 29.1 Å². The van der Waals surface area contributed by atoms with Crippen molar-refractivity contribution in [3.05, 3.63) is 52.5 Å². The van der Waals surface area contributed by atoms with Gasteiger partial charge in [0, 0.05) is 35.5 Å². The molecule has 0 aliphatic heterocycles. The van der Waals surface area contributed by atoms with Crippen molar-refractivity contribution in [3.63, 3.8) is 0 Å². The number of nitrogens with one attached hydrogen (secondary N) is 1. The number of rotatable bonds is 7. The maximum atomic E-state index is 12.2.